The van der Waals surface area contributed by atoms with Crippen molar-refractivity contribution < 1.29 is 60.0 Å². The number of sulfonamides is 1. The molecule has 20 heteroatoms. The molecule has 1 amide bonds. The van der Waals surface area contributed by atoms with Gasteiger partial charge in [-0.25, -0.2) is 22.6 Å². The molecule has 1 aliphatic heterocycles. The van der Waals surface area contributed by atoms with Gasteiger partial charge in [-0.05, 0) is 50.6 Å². The summed E-state index contributed by atoms with van der Waals surface area (Å²) in [5.74, 6) is -1.85. The van der Waals surface area contributed by atoms with Crippen molar-refractivity contribution in [2.75, 3.05) is 19.8 Å². The lowest BCUT2D eigenvalue weighted by molar-refractivity contribution is -0.734. The zero-order valence-electron chi connectivity index (χ0n) is 27.0. The number of esters is 1. The van der Waals surface area contributed by atoms with E-state index in [0.29, 0.717) is 12.0 Å². The van der Waals surface area contributed by atoms with Crippen molar-refractivity contribution >= 4 is 28.1 Å². The second kappa shape index (κ2) is 15.9. The molecule has 2 atom stereocenters. The largest absolute Gasteiger partial charge is 0.569 e. The van der Waals surface area contributed by atoms with Crippen LogP contribution in [0.25, 0.3) is 16.9 Å². The number of benzene rings is 2. The number of hydrogen-bond donors (Lipinski definition) is 1. The van der Waals surface area contributed by atoms with Crippen LogP contribution in [0.4, 0.5) is 18.0 Å². The standard InChI is InChI=1S/C30H33F3N6O10S/c1-4-46-29(42)48-20(3)49-36-39(43)37-16-15-23(37)18-47-28(41)14-13-27(40)35-50(44,45)24-11-9-22(10-12-24)38-25(17-26(34-38)30(31,32)33)21-7-5-19(2)6-8-21/h5-12,17,20,23H,4,13-16,18H2,1-3H3,(H,35,40)/b39-36+/t20?,23-/m0/s1. The maximum Gasteiger partial charge on any atom is 0.511 e. The number of ether oxygens (including phenoxy) is 3. The van der Waals surface area contributed by atoms with Gasteiger partial charge in [0.15, 0.2) is 5.69 Å². The summed E-state index contributed by atoms with van der Waals surface area (Å²) in [5, 5.41) is 20.3. The average molecular weight is 727 g/mol. The van der Waals surface area contributed by atoms with Crippen LogP contribution in [0.1, 0.15) is 44.4 Å². The highest BCUT2D eigenvalue weighted by atomic mass is 32.2. The van der Waals surface area contributed by atoms with Crippen molar-refractivity contribution in [3.63, 3.8) is 0 Å². The molecule has 1 aliphatic rings. The van der Waals surface area contributed by atoms with Crippen molar-refractivity contribution in [2.24, 2.45) is 5.28 Å². The van der Waals surface area contributed by atoms with Gasteiger partial charge in [0.25, 0.3) is 16.3 Å². The molecule has 2 heterocycles. The first-order valence-electron chi connectivity index (χ1n) is 15.1. The lowest BCUT2D eigenvalue weighted by Gasteiger charge is -2.34. The van der Waals surface area contributed by atoms with Crippen LogP contribution >= 0.6 is 0 Å². The number of hydrogen-bond acceptors (Lipinski definition) is 12. The topological polar surface area (TPSA) is 194 Å². The zero-order chi connectivity index (χ0) is 36.6. The Labute approximate surface area is 283 Å². The van der Waals surface area contributed by atoms with E-state index in [4.69, 9.17) is 14.3 Å². The number of rotatable bonds is 14. The molecule has 1 unspecified atom stereocenters. The smallest absolute Gasteiger partial charge is 0.511 e. The van der Waals surface area contributed by atoms with Crippen LogP contribution in [-0.2, 0) is 44.8 Å². The van der Waals surface area contributed by atoms with Crippen LogP contribution in [0.15, 0.2) is 64.8 Å². The molecule has 0 saturated carbocycles. The number of halogens is 3. The highest BCUT2D eigenvalue weighted by Crippen LogP contribution is 2.33. The third-order valence-electron chi connectivity index (χ3n) is 7.10. The van der Waals surface area contributed by atoms with E-state index in [1.54, 1.807) is 31.2 Å². The van der Waals surface area contributed by atoms with E-state index >= 15 is 0 Å². The average Bonchev–Trinajstić information content (AvgIpc) is 3.49. The number of carbonyl (C=O) groups is 3. The second-order valence-electron chi connectivity index (χ2n) is 10.8. The molecule has 2 aromatic carbocycles. The van der Waals surface area contributed by atoms with Crippen molar-refractivity contribution in [1.29, 1.82) is 0 Å². The van der Waals surface area contributed by atoms with Crippen molar-refractivity contribution in [1.82, 2.24) is 19.5 Å². The van der Waals surface area contributed by atoms with Gasteiger partial charge in [0.05, 0.1) is 40.8 Å². The number of aryl methyl sites for hydroxylation is 1. The first-order chi connectivity index (χ1) is 23.6. The van der Waals surface area contributed by atoms with Gasteiger partial charge in [0.1, 0.15) is 12.6 Å². The van der Waals surface area contributed by atoms with E-state index in [-0.39, 0.29) is 41.0 Å². The molecule has 270 valence electrons. The highest BCUT2D eigenvalue weighted by Gasteiger charge is 2.37. The van der Waals surface area contributed by atoms with Gasteiger partial charge in [0.2, 0.25) is 11.2 Å². The maximum absolute atomic E-state index is 13.5. The number of alkyl halides is 3. The monoisotopic (exact) mass is 726 g/mol. The van der Waals surface area contributed by atoms with Gasteiger partial charge in [-0.2, -0.15) is 18.3 Å². The molecule has 1 fully saturated rings. The molecule has 0 bridgehead atoms. The molecule has 1 aromatic heterocycles. The van der Waals surface area contributed by atoms with Gasteiger partial charge >= 0.3 is 18.3 Å². The van der Waals surface area contributed by atoms with E-state index in [1.165, 1.54) is 24.1 Å². The fourth-order valence-electron chi connectivity index (χ4n) is 4.43. The predicted octanol–water partition coefficient (Wildman–Crippen LogP) is 4.40. The Balaban J connectivity index is 1.28. The van der Waals surface area contributed by atoms with Gasteiger partial charge in [-0.3, -0.25) is 14.4 Å². The summed E-state index contributed by atoms with van der Waals surface area (Å²) < 4.78 is 83.4. The van der Waals surface area contributed by atoms with E-state index in [1.807, 2.05) is 11.6 Å². The fraction of sp³-hybridized carbons (Fsp3) is 0.400. The lowest BCUT2D eigenvalue weighted by atomic mass is 10.1. The summed E-state index contributed by atoms with van der Waals surface area (Å²) >= 11 is 0. The molecule has 1 N–H and O–H groups in total. The molecule has 4 rings (SSSR count). The minimum Gasteiger partial charge on any atom is -0.569 e. The van der Waals surface area contributed by atoms with Crippen LogP contribution in [0.5, 0.6) is 0 Å². The van der Waals surface area contributed by atoms with Crippen LogP contribution in [0.3, 0.4) is 0 Å². The lowest BCUT2D eigenvalue weighted by Crippen LogP contribution is -2.53. The number of nitrogens with zero attached hydrogens (tertiary/aromatic N) is 5. The molecule has 50 heavy (non-hydrogen) atoms. The maximum atomic E-state index is 13.5. The fourth-order valence-corrected chi connectivity index (χ4v) is 5.45. The summed E-state index contributed by atoms with van der Waals surface area (Å²) in [5.41, 5.74) is 0.470. The first kappa shape index (κ1) is 37.4. The van der Waals surface area contributed by atoms with Gasteiger partial charge in [0, 0.05) is 18.9 Å². The Bertz CT molecular complexity index is 1820. The quantitative estimate of drug-likeness (QED) is 0.0811. The summed E-state index contributed by atoms with van der Waals surface area (Å²) in [6.07, 6.45) is -7.51. The Kier molecular flexibility index (Phi) is 11.9. The SMILES string of the molecule is CCOC(=O)OC(C)O/N=[N+](/[O-])N1CC[C@H]1COC(=O)CCC(=O)NS(=O)(=O)c1ccc(-n2nc(C(F)(F)F)cc2-c2ccc(C)cc2)cc1. The molecular weight excluding hydrogens is 693 g/mol. The molecule has 0 radical (unpaired) electrons. The van der Waals surface area contributed by atoms with Gasteiger partial charge in [-0.15, -0.1) is 5.01 Å². The molecule has 1 saturated heterocycles. The number of amides is 1. The molecule has 3 aromatic rings. The number of aromatic nitrogens is 2. The van der Waals surface area contributed by atoms with Crippen LogP contribution in [0, 0.1) is 12.1 Å². The first-order valence-corrected chi connectivity index (χ1v) is 16.6. The molecule has 0 spiro atoms. The van der Waals surface area contributed by atoms with Crippen LogP contribution in [-0.4, -0.2) is 78.3 Å². The van der Waals surface area contributed by atoms with Crippen molar-refractivity contribution in [3.8, 4) is 16.9 Å². The normalized spacial score (nSPS) is 15.4. The number of carbonyl (C=O) groups excluding carboxylic acids is 3. The Morgan fingerprint density at radius 2 is 1.78 bits per heavy atom. The summed E-state index contributed by atoms with van der Waals surface area (Å²) in [7, 11) is -4.42. The Morgan fingerprint density at radius 1 is 1.10 bits per heavy atom. The second-order valence-corrected chi connectivity index (χ2v) is 12.5. The van der Waals surface area contributed by atoms with Crippen LogP contribution < -0.4 is 4.72 Å². The Hall–Kier alpha value is -5.40. The highest BCUT2D eigenvalue weighted by molar-refractivity contribution is 7.90. The van der Waals surface area contributed by atoms with Gasteiger partial charge < -0.3 is 19.4 Å². The van der Waals surface area contributed by atoms with E-state index < -0.39 is 65.1 Å². The number of nitrogens with one attached hydrogen (secondary N) is 1. The summed E-state index contributed by atoms with van der Waals surface area (Å²) in [4.78, 5) is 40.4. The third kappa shape index (κ3) is 9.83. The van der Waals surface area contributed by atoms with Crippen molar-refractivity contribution in [2.45, 2.75) is 63.4 Å². The summed E-state index contributed by atoms with van der Waals surface area (Å²) in [6.45, 7) is 4.81. The minimum atomic E-state index is -4.73. The van der Waals surface area contributed by atoms with E-state index in [0.717, 1.165) is 28.4 Å². The minimum absolute atomic E-state index is 0.0786. The zero-order valence-corrected chi connectivity index (χ0v) is 27.8. The van der Waals surface area contributed by atoms with E-state index in [9.17, 15) is 41.2 Å². The van der Waals surface area contributed by atoms with Crippen LogP contribution in [0.2, 0.25) is 0 Å². The van der Waals surface area contributed by atoms with Gasteiger partial charge in [-0.1, -0.05) is 29.8 Å². The molecule has 16 nitrogen and oxygen atoms in total. The van der Waals surface area contributed by atoms with Crippen molar-refractivity contribution in [3.05, 3.63) is 71.1 Å². The molecule has 0 aliphatic carbocycles. The summed E-state index contributed by atoms with van der Waals surface area (Å²) in [6, 6.07) is 11.7. The Morgan fingerprint density at radius 3 is 2.38 bits per heavy atom. The van der Waals surface area contributed by atoms with E-state index in [2.05, 4.69) is 15.1 Å². The third-order valence-corrected chi connectivity index (χ3v) is 8.49. The molecular formula is C30H33F3N6O10S. The predicted molar refractivity (Wildman–Crippen MR) is 164 cm³/mol. The number of hydrazine groups is 1.